The number of hydrogen-bond donors (Lipinski definition) is 5. The second kappa shape index (κ2) is 9.57. The number of nitro groups is 1. The van der Waals surface area contributed by atoms with E-state index in [4.69, 9.17) is 10.4 Å². The molecule has 0 unspecified atom stereocenters. The molecule has 0 radical (unpaired) electrons. The van der Waals surface area contributed by atoms with Crippen LogP contribution < -0.4 is 16.1 Å². The van der Waals surface area contributed by atoms with Crippen LogP contribution >= 0.6 is 0 Å². The van der Waals surface area contributed by atoms with Gasteiger partial charge in [0.1, 0.15) is 12.4 Å². The Hall–Kier alpha value is -2.57. The highest BCUT2D eigenvalue weighted by molar-refractivity contribution is 5.90. The van der Waals surface area contributed by atoms with E-state index in [9.17, 15) is 14.9 Å². The molecule has 158 valence electrons. The fourth-order valence-corrected chi connectivity index (χ4v) is 2.37. The van der Waals surface area contributed by atoms with E-state index in [2.05, 4.69) is 20.8 Å². The van der Waals surface area contributed by atoms with E-state index in [1.165, 1.54) is 17.0 Å². The van der Waals surface area contributed by atoms with Gasteiger partial charge in [0.15, 0.2) is 0 Å². The van der Waals surface area contributed by atoms with Crippen molar-refractivity contribution in [1.29, 1.82) is 0 Å². The number of rotatable bonds is 11. The van der Waals surface area contributed by atoms with E-state index >= 15 is 0 Å². The van der Waals surface area contributed by atoms with Gasteiger partial charge >= 0.3 is 5.95 Å². The first-order valence-corrected chi connectivity index (χ1v) is 8.74. The second-order valence-electron chi connectivity index (χ2n) is 7.64. The standard InChI is InChI=1S/C16H29N7O5/c1-11(20-25)15(2,3)18-8-12(9-19-16(4,5)13(24)21-26)10-22-7-6-17-14(22)23(27)28/h6-7,12,18-19,25-26H,8-10H2,1-5H3,(H,21,24)/t12-/m1/s1. The summed E-state index contributed by atoms with van der Waals surface area (Å²) < 4.78 is 1.42. The second-order valence-corrected chi connectivity index (χ2v) is 7.64. The van der Waals surface area contributed by atoms with Gasteiger partial charge in [-0.3, -0.25) is 10.0 Å². The summed E-state index contributed by atoms with van der Waals surface area (Å²) in [5.41, 5.74) is 0.437. The smallest absolute Gasteiger partial charge is 0.411 e. The molecular weight excluding hydrogens is 370 g/mol. The maximum Gasteiger partial charge on any atom is 0.434 e. The monoisotopic (exact) mass is 399 g/mol. The van der Waals surface area contributed by atoms with Crippen molar-refractivity contribution >= 4 is 17.6 Å². The van der Waals surface area contributed by atoms with Gasteiger partial charge < -0.3 is 26.0 Å². The van der Waals surface area contributed by atoms with E-state index in [-0.39, 0.29) is 18.4 Å². The molecule has 28 heavy (non-hydrogen) atoms. The molecule has 0 spiro atoms. The lowest BCUT2D eigenvalue weighted by Gasteiger charge is -2.30. The van der Waals surface area contributed by atoms with Gasteiger partial charge in [0, 0.05) is 19.0 Å². The van der Waals surface area contributed by atoms with Gasteiger partial charge in [0.05, 0.1) is 23.3 Å². The molecule has 1 rings (SSSR count). The van der Waals surface area contributed by atoms with Crippen LogP contribution in [0.3, 0.4) is 0 Å². The van der Waals surface area contributed by atoms with Crippen LogP contribution in [0, 0.1) is 16.0 Å². The highest BCUT2D eigenvalue weighted by atomic mass is 16.6. The average molecular weight is 399 g/mol. The predicted molar refractivity (Wildman–Crippen MR) is 101 cm³/mol. The molecule has 12 heteroatoms. The molecule has 0 saturated carbocycles. The van der Waals surface area contributed by atoms with Crippen molar-refractivity contribution in [2.24, 2.45) is 11.1 Å². The topological polar surface area (TPSA) is 167 Å². The Labute approximate surface area is 163 Å². The average Bonchev–Trinajstić information content (AvgIpc) is 3.10. The van der Waals surface area contributed by atoms with Crippen LogP contribution in [-0.4, -0.2) is 60.7 Å². The summed E-state index contributed by atoms with van der Waals surface area (Å²) in [5.74, 6) is -1.06. The third-order valence-corrected chi connectivity index (χ3v) is 4.70. The summed E-state index contributed by atoms with van der Waals surface area (Å²) >= 11 is 0. The highest BCUT2D eigenvalue weighted by Crippen LogP contribution is 2.14. The summed E-state index contributed by atoms with van der Waals surface area (Å²) in [4.78, 5) is 26.1. The summed E-state index contributed by atoms with van der Waals surface area (Å²) in [6.07, 6.45) is 2.87. The van der Waals surface area contributed by atoms with Crippen LogP contribution in [0.2, 0.25) is 0 Å². The van der Waals surface area contributed by atoms with Crippen LogP contribution in [0.5, 0.6) is 0 Å². The van der Waals surface area contributed by atoms with Crippen molar-refractivity contribution in [3.05, 3.63) is 22.5 Å². The minimum atomic E-state index is -1.05. The van der Waals surface area contributed by atoms with E-state index in [0.29, 0.717) is 18.8 Å². The lowest BCUT2D eigenvalue weighted by molar-refractivity contribution is -0.396. The van der Waals surface area contributed by atoms with Gasteiger partial charge in [0.2, 0.25) is 0 Å². The Bertz CT molecular complexity index is 714. The fraction of sp³-hybridized carbons (Fsp3) is 0.688. The van der Waals surface area contributed by atoms with Crippen molar-refractivity contribution in [2.45, 2.75) is 52.2 Å². The largest absolute Gasteiger partial charge is 0.434 e. The van der Waals surface area contributed by atoms with Crippen molar-refractivity contribution in [3.63, 3.8) is 0 Å². The van der Waals surface area contributed by atoms with Gasteiger partial charge in [-0.2, -0.15) is 0 Å². The van der Waals surface area contributed by atoms with Gasteiger partial charge in [-0.25, -0.2) is 10.0 Å². The predicted octanol–water partition coefficient (Wildman–Crippen LogP) is 0.499. The Morgan fingerprint density at radius 3 is 2.39 bits per heavy atom. The Balaban J connectivity index is 2.95. The summed E-state index contributed by atoms with van der Waals surface area (Å²) in [5, 5.41) is 38.5. The SMILES string of the molecule is CC(=NO)C(C)(C)NC[C@H](CNC(C)(C)C(=O)NO)Cn1ccnc1[N+](=O)[O-]. The molecule has 0 aliphatic rings. The lowest BCUT2D eigenvalue weighted by Crippen LogP contribution is -2.55. The molecular formula is C16H29N7O5. The number of nitrogens with zero attached hydrogens (tertiary/aromatic N) is 4. The normalized spacial score (nSPS) is 14.0. The van der Waals surface area contributed by atoms with E-state index in [1.54, 1.807) is 26.3 Å². The van der Waals surface area contributed by atoms with Crippen LogP contribution in [0.1, 0.15) is 34.6 Å². The van der Waals surface area contributed by atoms with Crippen molar-refractivity contribution in [2.75, 3.05) is 13.1 Å². The number of hydroxylamine groups is 1. The van der Waals surface area contributed by atoms with Gasteiger partial charge in [-0.1, -0.05) is 10.1 Å². The quantitative estimate of drug-likeness (QED) is 0.118. The molecule has 0 aliphatic carbocycles. The van der Waals surface area contributed by atoms with E-state index < -0.39 is 21.9 Å². The fourth-order valence-electron chi connectivity index (χ4n) is 2.37. The molecule has 1 aromatic rings. The molecule has 1 amide bonds. The molecule has 0 aliphatic heterocycles. The van der Waals surface area contributed by atoms with E-state index in [0.717, 1.165) is 0 Å². The van der Waals surface area contributed by atoms with Crippen LogP contribution in [0.4, 0.5) is 5.95 Å². The zero-order valence-electron chi connectivity index (χ0n) is 16.8. The first-order chi connectivity index (χ1) is 12.9. The third-order valence-electron chi connectivity index (χ3n) is 4.70. The van der Waals surface area contributed by atoms with Crippen LogP contribution in [-0.2, 0) is 11.3 Å². The molecule has 0 aromatic carbocycles. The highest BCUT2D eigenvalue weighted by Gasteiger charge is 2.30. The molecule has 5 N–H and O–H groups in total. The Kier molecular flexibility index (Phi) is 8.02. The molecule has 12 nitrogen and oxygen atoms in total. The molecule has 0 fully saturated rings. The molecule has 1 aromatic heterocycles. The number of imidazole rings is 1. The van der Waals surface area contributed by atoms with Gasteiger partial charge in [0.25, 0.3) is 5.91 Å². The zero-order valence-corrected chi connectivity index (χ0v) is 16.8. The first kappa shape index (κ1) is 23.5. The minimum absolute atomic E-state index is 0.190. The van der Waals surface area contributed by atoms with E-state index in [1.807, 2.05) is 13.8 Å². The number of carbonyl (C=O) groups excluding carboxylic acids is 1. The van der Waals surface area contributed by atoms with Crippen molar-refractivity contribution in [3.8, 4) is 0 Å². The van der Waals surface area contributed by atoms with Gasteiger partial charge in [-0.05, 0) is 39.5 Å². The van der Waals surface area contributed by atoms with Crippen LogP contribution in [0.25, 0.3) is 0 Å². The maximum absolute atomic E-state index is 11.8. The lowest BCUT2D eigenvalue weighted by atomic mass is 9.97. The summed E-state index contributed by atoms with van der Waals surface area (Å²) in [7, 11) is 0. The number of hydrogen-bond acceptors (Lipinski definition) is 9. The summed E-state index contributed by atoms with van der Waals surface area (Å²) in [6.45, 7) is 9.55. The zero-order chi connectivity index (χ0) is 21.5. The molecule has 0 saturated heterocycles. The number of oxime groups is 1. The number of nitrogens with one attached hydrogen (secondary N) is 3. The van der Waals surface area contributed by atoms with Crippen LogP contribution in [0.15, 0.2) is 17.5 Å². The number of carbonyl (C=O) groups is 1. The third kappa shape index (κ3) is 6.25. The molecule has 1 heterocycles. The maximum atomic E-state index is 11.8. The molecule has 0 bridgehead atoms. The number of amides is 1. The van der Waals surface area contributed by atoms with Gasteiger partial charge in [-0.15, -0.1) is 0 Å². The van der Waals surface area contributed by atoms with Crippen molar-refractivity contribution < 1.29 is 20.1 Å². The summed E-state index contributed by atoms with van der Waals surface area (Å²) in [6, 6.07) is 0. The Morgan fingerprint density at radius 2 is 1.89 bits per heavy atom. The molecule has 1 atom stereocenters. The minimum Gasteiger partial charge on any atom is -0.411 e. The van der Waals surface area contributed by atoms with Crippen molar-refractivity contribution in [1.82, 2.24) is 25.7 Å². The first-order valence-electron chi connectivity index (χ1n) is 8.74. The number of aromatic nitrogens is 2. The Morgan fingerprint density at radius 1 is 1.32 bits per heavy atom.